The van der Waals surface area contributed by atoms with E-state index in [0.29, 0.717) is 0 Å². The standard InChI is InChI=1S/C27H36N4/c1-29(22-23-9-10-24-11-14-28-26(24)21-23)19-20-30-17-12-27(13-18-30,31-15-5-6-16-31)25-7-3-2-4-8-25/h2-4,7-11,14,21,28H,5-6,12-13,15-20,22H2,1H3. The Morgan fingerprint density at radius 1 is 0.935 bits per heavy atom. The number of fused-ring (bicyclic) bond motifs is 1. The van der Waals surface area contributed by atoms with Gasteiger partial charge in [-0.2, -0.15) is 0 Å². The Bertz CT molecular complexity index is 965. The third-order valence-corrected chi connectivity index (χ3v) is 7.58. The molecule has 2 saturated heterocycles. The number of hydrogen-bond acceptors (Lipinski definition) is 3. The molecule has 1 aromatic heterocycles. The van der Waals surface area contributed by atoms with E-state index >= 15 is 0 Å². The van der Waals surface area contributed by atoms with Gasteiger partial charge in [-0.1, -0.05) is 42.5 Å². The lowest BCUT2D eigenvalue weighted by Crippen LogP contribution is -2.53. The van der Waals surface area contributed by atoms with Crippen molar-refractivity contribution in [1.29, 1.82) is 0 Å². The van der Waals surface area contributed by atoms with Crippen LogP contribution in [0.1, 0.15) is 36.8 Å². The first-order valence-electron chi connectivity index (χ1n) is 12.0. The lowest BCUT2D eigenvalue weighted by Gasteiger charge is -2.48. The van der Waals surface area contributed by atoms with Gasteiger partial charge < -0.3 is 14.8 Å². The Labute approximate surface area is 186 Å². The van der Waals surface area contributed by atoms with Crippen molar-refractivity contribution in [2.75, 3.05) is 46.3 Å². The van der Waals surface area contributed by atoms with Gasteiger partial charge in [-0.05, 0) is 74.5 Å². The molecule has 0 bridgehead atoms. The number of hydrogen-bond donors (Lipinski definition) is 1. The van der Waals surface area contributed by atoms with E-state index in [2.05, 4.69) is 81.3 Å². The van der Waals surface area contributed by atoms with E-state index in [0.717, 1.165) is 19.6 Å². The molecule has 4 heteroatoms. The second kappa shape index (κ2) is 9.15. The highest BCUT2D eigenvalue weighted by atomic mass is 15.3. The topological polar surface area (TPSA) is 25.5 Å². The van der Waals surface area contributed by atoms with Crippen LogP contribution in [0.2, 0.25) is 0 Å². The summed E-state index contributed by atoms with van der Waals surface area (Å²) in [5.74, 6) is 0. The third-order valence-electron chi connectivity index (χ3n) is 7.58. The summed E-state index contributed by atoms with van der Waals surface area (Å²) in [6.07, 6.45) is 7.25. The van der Waals surface area contributed by atoms with Crippen LogP contribution in [0.4, 0.5) is 0 Å². The molecule has 1 N–H and O–H groups in total. The number of likely N-dealkylation sites (tertiary alicyclic amines) is 2. The lowest BCUT2D eigenvalue weighted by atomic mass is 9.79. The van der Waals surface area contributed by atoms with E-state index in [4.69, 9.17) is 0 Å². The van der Waals surface area contributed by atoms with Crippen LogP contribution in [0.15, 0.2) is 60.8 Å². The van der Waals surface area contributed by atoms with Crippen molar-refractivity contribution in [2.45, 2.75) is 37.8 Å². The normalized spacial score (nSPS) is 20.1. The first kappa shape index (κ1) is 20.7. The van der Waals surface area contributed by atoms with E-state index in [-0.39, 0.29) is 5.54 Å². The Hall–Kier alpha value is -2.14. The van der Waals surface area contributed by atoms with Crippen LogP contribution >= 0.6 is 0 Å². The highest BCUT2D eigenvalue weighted by Gasteiger charge is 2.41. The van der Waals surface area contributed by atoms with Crippen molar-refractivity contribution >= 4 is 10.9 Å². The van der Waals surface area contributed by atoms with Gasteiger partial charge in [-0.3, -0.25) is 4.90 Å². The molecule has 2 aromatic carbocycles. The van der Waals surface area contributed by atoms with Crippen LogP contribution in [0.5, 0.6) is 0 Å². The van der Waals surface area contributed by atoms with Crippen LogP contribution in [0.25, 0.3) is 10.9 Å². The zero-order chi connectivity index (χ0) is 21.1. The van der Waals surface area contributed by atoms with Crippen molar-refractivity contribution in [2.24, 2.45) is 0 Å². The smallest absolute Gasteiger partial charge is 0.0484 e. The SMILES string of the molecule is CN(CCN1CCC(c2ccccc2)(N2CCCC2)CC1)Cc1ccc2cc[nH]c2c1. The van der Waals surface area contributed by atoms with Crippen molar-refractivity contribution in [3.63, 3.8) is 0 Å². The monoisotopic (exact) mass is 416 g/mol. The predicted molar refractivity (Wildman–Crippen MR) is 129 cm³/mol. The number of piperidine rings is 1. The maximum absolute atomic E-state index is 3.33. The molecule has 0 saturated carbocycles. The molecule has 5 rings (SSSR count). The fourth-order valence-electron chi connectivity index (χ4n) is 5.72. The number of rotatable bonds is 7. The first-order chi connectivity index (χ1) is 15.2. The molecule has 0 atom stereocenters. The molecule has 2 fully saturated rings. The highest BCUT2D eigenvalue weighted by molar-refractivity contribution is 5.79. The number of likely N-dealkylation sites (N-methyl/N-ethyl adjacent to an activating group) is 1. The summed E-state index contributed by atoms with van der Waals surface area (Å²) in [5, 5.41) is 1.29. The third kappa shape index (κ3) is 4.43. The lowest BCUT2D eigenvalue weighted by molar-refractivity contribution is 0.0316. The number of benzene rings is 2. The van der Waals surface area contributed by atoms with E-state index in [1.54, 1.807) is 0 Å². The summed E-state index contributed by atoms with van der Waals surface area (Å²) in [6.45, 7) is 8.22. The molecule has 3 heterocycles. The van der Waals surface area contributed by atoms with Crippen molar-refractivity contribution in [3.8, 4) is 0 Å². The van der Waals surface area contributed by atoms with Gasteiger partial charge in [0.25, 0.3) is 0 Å². The van der Waals surface area contributed by atoms with Gasteiger partial charge in [-0.25, -0.2) is 0 Å². The quantitative estimate of drug-likeness (QED) is 0.605. The van der Waals surface area contributed by atoms with Crippen molar-refractivity contribution in [3.05, 3.63) is 71.9 Å². The number of aromatic nitrogens is 1. The molecule has 0 amide bonds. The molecule has 164 valence electrons. The summed E-state index contributed by atoms with van der Waals surface area (Å²) in [5.41, 5.74) is 4.41. The molecular formula is C27H36N4. The molecule has 2 aliphatic heterocycles. The van der Waals surface area contributed by atoms with Gasteiger partial charge in [0.15, 0.2) is 0 Å². The minimum absolute atomic E-state index is 0.256. The van der Waals surface area contributed by atoms with Crippen LogP contribution < -0.4 is 0 Å². The van der Waals surface area contributed by atoms with Gasteiger partial charge in [0.05, 0.1) is 0 Å². The number of nitrogens with one attached hydrogen (secondary N) is 1. The summed E-state index contributed by atoms with van der Waals surface area (Å²) in [7, 11) is 2.25. The molecule has 0 unspecified atom stereocenters. The zero-order valence-corrected chi connectivity index (χ0v) is 18.9. The average molecular weight is 417 g/mol. The molecule has 3 aromatic rings. The Kier molecular flexibility index (Phi) is 6.13. The van der Waals surface area contributed by atoms with Gasteiger partial charge in [0.1, 0.15) is 0 Å². The fourth-order valence-corrected chi connectivity index (χ4v) is 5.72. The van der Waals surface area contributed by atoms with Crippen LogP contribution in [-0.2, 0) is 12.1 Å². The molecule has 0 aliphatic carbocycles. The Balaban J connectivity index is 1.17. The van der Waals surface area contributed by atoms with E-state index in [1.165, 1.54) is 73.9 Å². The Morgan fingerprint density at radius 2 is 1.71 bits per heavy atom. The predicted octanol–water partition coefficient (Wildman–Crippen LogP) is 4.69. The van der Waals surface area contributed by atoms with Crippen LogP contribution in [0.3, 0.4) is 0 Å². The van der Waals surface area contributed by atoms with Gasteiger partial charge >= 0.3 is 0 Å². The second-order valence-electron chi connectivity index (χ2n) is 9.57. The fraction of sp³-hybridized carbons (Fsp3) is 0.481. The number of aromatic amines is 1. The van der Waals surface area contributed by atoms with E-state index in [9.17, 15) is 0 Å². The second-order valence-corrected chi connectivity index (χ2v) is 9.57. The summed E-state index contributed by atoms with van der Waals surface area (Å²) >= 11 is 0. The maximum atomic E-state index is 3.33. The van der Waals surface area contributed by atoms with Crippen molar-refractivity contribution < 1.29 is 0 Å². The highest BCUT2D eigenvalue weighted by Crippen LogP contribution is 2.40. The summed E-state index contributed by atoms with van der Waals surface area (Å²) in [4.78, 5) is 11.3. The minimum Gasteiger partial charge on any atom is -0.361 e. The van der Waals surface area contributed by atoms with Crippen LogP contribution in [0, 0.1) is 0 Å². The molecule has 2 aliphatic rings. The van der Waals surface area contributed by atoms with Gasteiger partial charge in [0.2, 0.25) is 0 Å². The number of nitrogens with zero attached hydrogens (tertiary/aromatic N) is 3. The van der Waals surface area contributed by atoms with Gasteiger partial charge in [-0.15, -0.1) is 0 Å². The molecule has 0 radical (unpaired) electrons. The number of H-pyrrole nitrogens is 1. The van der Waals surface area contributed by atoms with Gasteiger partial charge in [0, 0.05) is 50.0 Å². The molecule has 4 nitrogen and oxygen atoms in total. The van der Waals surface area contributed by atoms with Crippen molar-refractivity contribution in [1.82, 2.24) is 19.7 Å². The molecular weight excluding hydrogens is 380 g/mol. The minimum atomic E-state index is 0.256. The molecule has 0 spiro atoms. The first-order valence-corrected chi connectivity index (χ1v) is 12.0. The maximum Gasteiger partial charge on any atom is 0.0484 e. The summed E-state index contributed by atoms with van der Waals surface area (Å²) < 4.78 is 0. The molecule has 31 heavy (non-hydrogen) atoms. The zero-order valence-electron chi connectivity index (χ0n) is 18.9. The van der Waals surface area contributed by atoms with Crippen LogP contribution in [-0.4, -0.2) is 66.0 Å². The largest absolute Gasteiger partial charge is 0.361 e. The Morgan fingerprint density at radius 3 is 2.48 bits per heavy atom. The summed E-state index contributed by atoms with van der Waals surface area (Å²) in [6, 6.07) is 20.2. The van der Waals surface area contributed by atoms with E-state index in [1.807, 2.05) is 6.20 Å². The van der Waals surface area contributed by atoms with E-state index < -0.39 is 0 Å². The average Bonchev–Trinajstić information content (AvgIpc) is 3.51.